The second kappa shape index (κ2) is 4.96. The van der Waals surface area contributed by atoms with Gasteiger partial charge in [-0.1, -0.05) is 6.07 Å². The zero-order chi connectivity index (χ0) is 12.4. The van der Waals surface area contributed by atoms with Gasteiger partial charge in [0.25, 0.3) is 0 Å². The number of hydrogen-bond acceptors (Lipinski definition) is 2. The first-order valence-corrected chi connectivity index (χ1v) is 7.00. The average molecular weight is 256 g/mol. The fraction of sp³-hybridized carbons (Fsp3) is 0.200. The smallest absolute Gasteiger partial charge is 0.0454 e. The summed E-state index contributed by atoms with van der Waals surface area (Å²) in [5, 5.41) is 6.93. The molecule has 3 rings (SSSR count). The molecule has 0 radical (unpaired) electrons. The molecule has 3 aromatic rings. The number of hydrogen-bond donors (Lipinski definition) is 2. The van der Waals surface area contributed by atoms with E-state index in [2.05, 4.69) is 52.9 Å². The molecule has 0 atom stereocenters. The van der Waals surface area contributed by atoms with Crippen LogP contribution in [-0.2, 0) is 13.1 Å². The summed E-state index contributed by atoms with van der Waals surface area (Å²) in [6, 6.07) is 10.8. The minimum atomic E-state index is 0.915. The van der Waals surface area contributed by atoms with Crippen molar-refractivity contribution in [3.05, 3.63) is 57.9 Å². The summed E-state index contributed by atoms with van der Waals surface area (Å²) in [7, 11) is 0. The molecule has 0 saturated heterocycles. The topological polar surface area (TPSA) is 27.8 Å². The summed E-state index contributed by atoms with van der Waals surface area (Å²) in [5.74, 6) is 0. The monoisotopic (exact) mass is 256 g/mol. The van der Waals surface area contributed by atoms with E-state index in [4.69, 9.17) is 0 Å². The maximum Gasteiger partial charge on any atom is 0.0454 e. The first-order valence-electron chi connectivity index (χ1n) is 6.12. The molecule has 0 aliphatic carbocycles. The van der Waals surface area contributed by atoms with E-state index in [-0.39, 0.29) is 0 Å². The first kappa shape index (κ1) is 11.5. The van der Waals surface area contributed by atoms with Crippen LogP contribution in [0.1, 0.15) is 16.0 Å². The van der Waals surface area contributed by atoms with Gasteiger partial charge in [0.1, 0.15) is 0 Å². The van der Waals surface area contributed by atoms with Gasteiger partial charge in [0, 0.05) is 29.7 Å². The lowest BCUT2D eigenvalue weighted by Crippen LogP contribution is -2.12. The molecule has 3 heteroatoms. The van der Waals surface area contributed by atoms with Gasteiger partial charge >= 0.3 is 0 Å². The average Bonchev–Trinajstić information content (AvgIpc) is 2.98. The van der Waals surface area contributed by atoms with E-state index >= 15 is 0 Å². The number of aromatic nitrogens is 1. The van der Waals surface area contributed by atoms with E-state index in [9.17, 15) is 0 Å². The van der Waals surface area contributed by atoms with Gasteiger partial charge in [0.05, 0.1) is 0 Å². The van der Waals surface area contributed by atoms with Gasteiger partial charge in [0.15, 0.2) is 0 Å². The Labute approximate surface area is 111 Å². The number of H-pyrrole nitrogens is 1. The second-order valence-corrected chi connectivity index (χ2v) is 5.53. The molecule has 2 aromatic heterocycles. The van der Waals surface area contributed by atoms with Crippen LogP contribution in [-0.4, -0.2) is 4.98 Å². The third-order valence-electron chi connectivity index (χ3n) is 3.20. The van der Waals surface area contributed by atoms with Crippen LogP contribution in [0.4, 0.5) is 0 Å². The van der Waals surface area contributed by atoms with Gasteiger partial charge in [-0.25, -0.2) is 0 Å². The molecule has 0 spiro atoms. The maximum absolute atomic E-state index is 3.50. The zero-order valence-corrected chi connectivity index (χ0v) is 11.2. The van der Waals surface area contributed by atoms with Crippen molar-refractivity contribution >= 4 is 22.2 Å². The molecule has 0 bridgehead atoms. The number of aromatic amines is 1. The number of nitrogens with one attached hydrogen (secondary N) is 2. The Balaban J connectivity index is 1.64. The zero-order valence-electron chi connectivity index (χ0n) is 10.4. The molecule has 18 heavy (non-hydrogen) atoms. The Morgan fingerprint density at radius 2 is 2.11 bits per heavy atom. The quantitative estimate of drug-likeness (QED) is 0.729. The van der Waals surface area contributed by atoms with Crippen LogP contribution < -0.4 is 5.32 Å². The lowest BCUT2D eigenvalue weighted by atomic mass is 10.1. The predicted octanol–water partition coefficient (Wildman–Crippen LogP) is 3.83. The molecule has 1 aromatic carbocycles. The van der Waals surface area contributed by atoms with Crippen molar-refractivity contribution in [3.8, 4) is 0 Å². The van der Waals surface area contributed by atoms with E-state index in [1.54, 1.807) is 0 Å². The van der Waals surface area contributed by atoms with Crippen LogP contribution in [0.3, 0.4) is 0 Å². The number of fused-ring (bicyclic) bond motifs is 1. The summed E-state index contributed by atoms with van der Waals surface area (Å²) in [6.45, 7) is 4.03. The third kappa shape index (κ3) is 2.33. The molecular formula is C15H16N2S. The number of thiophene rings is 1. The minimum absolute atomic E-state index is 0.915. The lowest BCUT2D eigenvalue weighted by Gasteiger charge is -2.05. The van der Waals surface area contributed by atoms with Crippen molar-refractivity contribution in [2.24, 2.45) is 0 Å². The van der Waals surface area contributed by atoms with Gasteiger partial charge in [-0.15, -0.1) is 11.3 Å². The SMILES string of the molecule is Cc1ccsc1CNCc1ccc2[nH]ccc2c1. The second-order valence-electron chi connectivity index (χ2n) is 4.53. The fourth-order valence-corrected chi connectivity index (χ4v) is 2.99. The molecule has 0 aliphatic heterocycles. The Bertz CT molecular complexity index is 651. The lowest BCUT2D eigenvalue weighted by molar-refractivity contribution is 0.699. The highest BCUT2D eigenvalue weighted by Crippen LogP contribution is 2.16. The number of aryl methyl sites for hydroxylation is 1. The Morgan fingerprint density at radius 1 is 1.17 bits per heavy atom. The highest BCUT2D eigenvalue weighted by molar-refractivity contribution is 7.10. The Kier molecular flexibility index (Phi) is 3.17. The minimum Gasteiger partial charge on any atom is -0.361 e. The van der Waals surface area contributed by atoms with E-state index < -0.39 is 0 Å². The van der Waals surface area contributed by atoms with Crippen molar-refractivity contribution in [2.45, 2.75) is 20.0 Å². The van der Waals surface area contributed by atoms with Crippen LogP contribution >= 0.6 is 11.3 Å². The summed E-state index contributed by atoms with van der Waals surface area (Å²) in [5.41, 5.74) is 3.91. The molecule has 0 aliphatic rings. The number of rotatable bonds is 4. The van der Waals surface area contributed by atoms with E-state index in [1.807, 2.05) is 17.5 Å². The molecule has 2 nitrogen and oxygen atoms in total. The standard InChI is InChI=1S/C15H16N2S/c1-11-5-7-18-15(11)10-16-9-12-2-3-14-13(8-12)4-6-17-14/h2-8,16-17H,9-10H2,1H3. The Hall–Kier alpha value is -1.58. The maximum atomic E-state index is 3.50. The molecule has 0 saturated carbocycles. The van der Waals surface area contributed by atoms with Crippen molar-refractivity contribution in [1.82, 2.24) is 10.3 Å². The Morgan fingerprint density at radius 3 is 2.94 bits per heavy atom. The highest BCUT2D eigenvalue weighted by Gasteiger charge is 2.00. The predicted molar refractivity (Wildman–Crippen MR) is 77.9 cm³/mol. The van der Waals surface area contributed by atoms with Crippen LogP contribution in [0.2, 0.25) is 0 Å². The first-order chi connectivity index (χ1) is 8.83. The molecule has 92 valence electrons. The van der Waals surface area contributed by atoms with Crippen molar-refractivity contribution < 1.29 is 0 Å². The van der Waals surface area contributed by atoms with E-state index in [0.717, 1.165) is 13.1 Å². The fourth-order valence-electron chi connectivity index (χ4n) is 2.12. The summed E-state index contributed by atoms with van der Waals surface area (Å²) < 4.78 is 0. The largest absolute Gasteiger partial charge is 0.361 e. The van der Waals surface area contributed by atoms with Gasteiger partial charge < -0.3 is 10.3 Å². The van der Waals surface area contributed by atoms with Gasteiger partial charge in [-0.3, -0.25) is 0 Å². The van der Waals surface area contributed by atoms with Gasteiger partial charge in [0.2, 0.25) is 0 Å². The molecule has 0 fully saturated rings. The summed E-state index contributed by atoms with van der Waals surface area (Å²) in [4.78, 5) is 4.64. The van der Waals surface area contributed by atoms with Crippen LogP contribution in [0.15, 0.2) is 41.9 Å². The summed E-state index contributed by atoms with van der Waals surface area (Å²) >= 11 is 1.82. The summed E-state index contributed by atoms with van der Waals surface area (Å²) in [6.07, 6.45) is 1.98. The molecule has 2 heterocycles. The van der Waals surface area contributed by atoms with E-state index in [0.29, 0.717) is 0 Å². The normalized spacial score (nSPS) is 11.2. The third-order valence-corrected chi connectivity index (χ3v) is 4.22. The van der Waals surface area contributed by atoms with Crippen LogP contribution in [0.25, 0.3) is 10.9 Å². The van der Waals surface area contributed by atoms with Crippen LogP contribution in [0.5, 0.6) is 0 Å². The number of benzene rings is 1. The van der Waals surface area contributed by atoms with E-state index in [1.165, 1.54) is 26.9 Å². The molecule has 0 unspecified atom stereocenters. The molecular weight excluding hydrogens is 240 g/mol. The van der Waals surface area contributed by atoms with Gasteiger partial charge in [-0.05, 0) is 53.1 Å². The van der Waals surface area contributed by atoms with Crippen LogP contribution in [0, 0.1) is 6.92 Å². The van der Waals surface area contributed by atoms with Crippen molar-refractivity contribution in [3.63, 3.8) is 0 Å². The molecule has 2 N–H and O–H groups in total. The van der Waals surface area contributed by atoms with Crippen molar-refractivity contribution in [2.75, 3.05) is 0 Å². The highest BCUT2D eigenvalue weighted by atomic mass is 32.1. The van der Waals surface area contributed by atoms with Crippen molar-refractivity contribution in [1.29, 1.82) is 0 Å². The van der Waals surface area contributed by atoms with Gasteiger partial charge in [-0.2, -0.15) is 0 Å². The molecule has 0 amide bonds.